The van der Waals surface area contributed by atoms with Crippen molar-refractivity contribution < 1.29 is 4.74 Å². The van der Waals surface area contributed by atoms with E-state index in [4.69, 9.17) is 10.6 Å². The number of hydrogen-bond donors (Lipinski definition) is 2. The molecule has 0 unspecified atom stereocenters. The van der Waals surface area contributed by atoms with Gasteiger partial charge in [0.2, 0.25) is 0 Å². The fourth-order valence-electron chi connectivity index (χ4n) is 2.48. The van der Waals surface area contributed by atoms with Crippen molar-refractivity contribution in [2.75, 3.05) is 30.6 Å². The highest BCUT2D eigenvalue weighted by Gasteiger charge is 2.21. The lowest BCUT2D eigenvalue weighted by molar-refractivity contribution is 0.202. The average Bonchev–Trinajstić information content (AvgIpc) is 2.50. The summed E-state index contributed by atoms with van der Waals surface area (Å²) in [6.07, 6.45) is 4.53. The maximum absolute atomic E-state index is 5.55. The molecule has 0 saturated heterocycles. The normalized spacial score (nSPS) is 10.9. The lowest BCUT2D eigenvalue weighted by Crippen LogP contribution is -2.38. The van der Waals surface area contributed by atoms with Crippen LogP contribution in [0, 0.1) is 0 Å². The third-order valence-corrected chi connectivity index (χ3v) is 3.60. The lowest BCUT2D eigenvalue weighted by Gasteiger charge is -2.33. The summed E-state index contributed by atoms with van der Waals surface area (Å²) in [6, 6.07) is 0.441. The van der Waals surface area contributed by atoms with E-state index < -0.39 is 0 Å². The van der Waals surface area contributed by atoms with Gasteiger partial charge >= 0.3 is 0 Å². The molecule has 20 heavy (non-hydrogen) atoms. The van der Waals surface area contributed by atoms with Gasteiger partial charge in [0, 0.05) is 25.3 Å². The Hall–Kier alpha value is -1.40. The van der Waals surface area contributed by atoms with Gasteiger partial charge in [-0.2, -0.15) is 0 Å². The highest BCUT2D eigenvalue weighted by molar-refractivity contribution is 5.58. The van der Waals surface area contributed by atoms with Gasteiger partial charge in [-0.3, -0.25) is 0 Å². The molecule has 1 aromatic rings. The van der Waals surface area contributed by atoms with Crippen molar-refractivity contribution >= 4 is 11.6 Å². The number of nitrogen functional groups attached to an aromatic ring is 1. The first-order chi connectivity index (χ1) is 9.73. The van der Waals surface area contributed by atoms with Crippen molar-refractivity contribution in [2.45, 2.75) is 46.1 Å². The SMILES string of the molecule is CCc1c(NN)ncnc1N(CCOC)C(CC)CC. The Morgan fingerprint density at radius 1 is 1.30 bits per heavy atom. The quantitative estimate of drug-likeness (QED) is 0.532. The molecular formula is C14H27N5O. The summed E-state index contributed by atoms with van der Waals surface area (Å²) >= 11 is 0. The second-order valence-electron chi connectivity index (χ2n) is 4.68. The van der Waals surface area contributed by atoms with Gasteiger partial charge in [0.05, 0.1) is 6.61 Å². The van der Waals surface area contributed by atoms with Crippen LogP contribution >= 0.6 is 0 Å². The molecule has 0 fully saturated rings. The van der Waals surface area contributed by atoms with E-state index >= 15 is 0 Å². The molecule has 1 rings (SSSR count). The number of ether oxygens (including phenoxy) is 1. The first kappa shape index (κ1) is 16.7. The second kappa shape index (κ2) is 8.71. The summed E-state index contributed by atoms with van der Waals surface area (Å²) in [4.78, 5) is 11.0. The molecule has 1 aromatic heterocycles. The van der Waals surface area contributed by atoms with Gasteiger partial charge in [-0.25, -0.2) is 15.8 Å². The minimum absolute atomic E-state index is 0.441. The molecule has 0 aromatic carbocycles. The average molecular weight is 281 g/mol. The number of nitrogens with one attached hydrogen (secondary N) is 1. The molecule has 6 heteroatoms. The molecule has 0 atom stereocenters. The highest BCUT2D eigenvalue weighted by Crippen LogP contribution is 2.26. The Labute approximate surface area is 121 Å². The van der Waals surface area contributed by atoms with E-state index in [0.717, 1.165) is 37.2 Å². The Kier molecular flexibility index (Phi) is 7.25. The van der Waals surface area contributed by atoms with Crippen molar-refractivity contribution in [3.8, 4) is 0 Å². The van der Waals surface area contributed by atoms with Gasteiger partial charge in [-0.1, -0.05) is 20.8 Å². The van der Waals surface area contributed by atoms with E-state index in [0.29, 0.717) is 18.5 Å². The molecule has 3 N–H and O–H groups in total. The summed E-state index contributed by atoms with van der Waals surface area (Å²) < 4.78 is 5.24. The van der Waals surface area contributed by atoms with Crippen molar-refractivity contribution in [3.05, 3.63) is 11.9 Å². The minimum Gasteiger partial charge on any atom is -0.383 e. The van der Waals surface area contributed by atoms with Crippen LogP contribution in [0.3, 0.4) is 0 Å². The predicted molar refractivity (Wildman–Crippen MR) is 82.8 cm³/mol. The van der Waals surface area contributed by atoms with Crippen LogP contribution in [0.25, 0.3) is 0 Å². The summed E-state index contributed by atoms with van der Waals surface area (Å²) in [5, 5.41) is 0. The first-order valence-electron chi connectivity index (χ1n) is 7.29. The van der Waals surface area contributed by atoms with Crippen LogP contribution in [-0.2, 0) is 11.2 Å². The Bertz CT molecular complexity index is 395. The number of rotatable bonds is 9. The smallest absolute Gasteiger partial charge is 0.148 e. The molecule has 0 aliphatic rings. The van der Waals surface area contributed by atoms with Crippen molar-refractivity contribution in [1.82, 2.24) is 9.97 Å². The Morgan fingerprint density at radius 2 is 2.00 bits per heavy atom. The van der Waals surface area contributed by atoms with Crippen molar-refractivity contribution in [3.63, 3.8) is 0 Å². The van der Waals surface area contributed by atoms with E-state index in [9.17, 15) is 0 Å². The number of methoxy groups -OCH3 is 1. The maximum atomic E-state index is 5.55. The molecule has 0 radical (unpaired) electrons. The molecule has 0 saturated carbocycles. The summed E-state index contributed by atoms with van der Waals surface area (Å²) in [5.41, 5.74) is 3.72. The number of nitrogens with zero attached hydrogens (tertiary/aromatic N) is 3. The molecule has 114 valence electrons. The highest BCUT2D eigenvalue weighted by atomic mass is 16.5. The number of hydrazine groups is 1. The zero-order valence-corrected chi connectivity index (χ0v) is 13.0. The predicted octanol–water partition coefficient (Wildman–Crippen LogP) is 1.97. The van der Waals surface area contributed by atoms with Crippen LogP contribution in [0.15, 0.2) is 6.33 Å². The molecule has 0 bridgehead atoms. The third kappa shape index (κ3) is 3.80. The van der Waals surface area contributed by atoms with E-state index in [1.807, 2.05) is 0 Å². The van der Waals surface area contributed by atoms with Crippen LogP contribution in [0.5, 0.6) is 0 Å². The largest absolute Gasteiger partial charge is 0.383 e. The van der Waals surface area contributed by atoms with Gasteiger partial charge in [0.1, 0.15) is 18.0 Å². The van der Waals surface area contributed by atoms with Crippen molar-refractivity contribution in [1.29, 1.82) is 0 Å². The molecule has 1 heterocycles. The fourth-order valence-corrected chi connectivity index (χ4v) is 2.48. The molecule has 6 nitrogen and oxygen atoms in total. The number of hydrogen-bond acceptors (Lipinski definition) is 6. The number of anilines is 2. The summed E-state index contributed by atoms with van der Waals surface area (Å²) in [5.74, 6) is 7.21. The van der Waals surface area contributed by atoms with Gasteiger partial charge in [0.25, 0.3) is 0 Å². The summed E-state index contributed by atoms with van der Waals surface area (Å²) in [6.45, 7) is 7.97. The molecule has 0 aliphatic carbocycles. The van der Waals surface area contributed by atoms with E-state index in [-0.39, 0.29) is 0 Å². The van der Waals surface area contributed by atoms with Crippen LogP contribution in [0.4, 0.5) is 11.6 Å². The van der Waals surface area contributed by atoms with E-state index in [1.54, 1.807) is 13.4 Å². The zero-order chi connectivity index (χ0) is 15.0. The Morgan fingerprint density at radius 3 is 2.50 bits per heavy atom. The summed E-state index contributed by atoms with van der Waals surface area (Å²) in [7, 11) is 1.72. The monoisotopic (exact) mass is 281 g/mol. The third-order valence-electron chi connectivity index (χ3n) is 3.60. The van der Waals surface area contributed by atoms with Crippen LogP contribution < -0.4 is 16.2 Å². The van der Waals surface area contributed by atoms with Gasteiger partial charge in [-0.15, -0.1) is 0 Å². The van der Waals surface area contributed by atoms with Gasteiger partial charge in [-0.05, 0) is 19.3 Å². The number of nitrogens with two attached hydrogens (primary N) is 1. The fraction of sp³-hybridized carbons (Fsp3) is 0.714. The molecule has 0 spiro atoms. The topological polar surface area (TPSA) is 76.3 Å². The van der Waals surface area contributed by atoms with Crippen LogP contribution in [0.2, 0.25) is 0 Å². The zero-order valence-electron chi connectivity index (χ0n) is 13.0. The van der Waals surface area contributed by atoms with Crippen LogP contribution in [0.1, 0.15) is 39.2 Å². The molecule has 0 amide bonds. The van der Waals surface area contributed by atoms with Gasteiger partial charge in [0.15, 0.2) is 0 Å². The van der Waals surface area contributed by atoms with E-state index in [1.165, 1.54) is 0 Å². The second-order valence-corrected chi connectivity index (χ2v) is 4.68. The van der Waals surface area contributed by atoms with Crippen molar-refractivity contribution in [2.24, 2.45) is 5.84 Å². The molecule has 0 aliphatic heterocycles. The van der Waals surface area contributed by atoms with E-state index in [2.05, 4.69) is 41.1 Å². The van der Waals surface area contributed by atoms with Crippen LogP contribution in [-0.4, -0.2) is 36.3 Å². The van der Waals surface area contributed by atoms with Gasteiger partial charge < -0.3 is 15.1 Å². The minimum atomic E-state index is 0.441. The number of aromatic nitrogens is 2. The lowest BCUT2D eigenvalue weighted by atomic mass is 10.1. The maximum Gasteiger partial charge on any atom is 0.148 e. The standard InChI is InChI=1S/C14H27N5O/c1-5-11(6-2)19(8-9-20-4)14-12(7-3)13(18-15)16-10-17-14/h10-11H,5-9,15H2,1-4H3,(H,16,17,18). The first-order valence-corrected chi connectivity index (χ1v) is 7.29. The molecular weight excluding hydrogens is 254 g/mol. The Balaban J connectivity index is 3.17.